The molecule has 0 aliphatic carbocycles. The van der Waals surface area contributed by atoms with Crippen molar-refractivity contribution in [3.63, 3.8) is 0 Å². The Morgan fingerprint density at radius 1 is 1.33 bits per heavy atom. The minimum absolute atomic E-state index is 0.342. The van der Waals surface area contributed by atoms with E-state index in [4.69, 9.17) is 10.5 Å². The van der Waals surface area contributed by atoms with Crippen molar-refractivity contribution >= 4 is 17.2 Å². The molecule has 0 aliphatic rings. The lowest BCUT2D eigenvalue weighted by Crippen LogP contribution is -1.99. The van der Waals surface area contributed by atoms with Crippen molar-refractivity contribution in [3.8, 4) is 5.75 Å². The molecule has 18 heavy (non-hydrogen) atoms. The molecule has 1 aromatic heterocycles. The van der Waals surface area contributed by atoms with Gasteiger partial charge in [0.25, 0.3) is 0 Å². The average molecular weight is 247 g/mol. The van der Waals surface area contributed by atoms with Crippen LogP contribution in [0.4, 0.5) is 21.6 Å². The van der Waals surface area contributed by atoms with Crippen LogP contribution < -0.4 is 15.8 Å². The van der Waals surface area contributed by atoms with E-state index in [1.807, 2.05) is 6.92 Å². The van der Waals surface area contributed by atoms with Crippen LogP contribution >= 0.6 is 0 Å². The number of ether oxygens (including phenoxy) is 1. The quantitative estimate of drug-likeness (QED) is 0.875. The summed E-state index contributed by atoms with van der Waals surface area (Å²) in [4.78, 5) is 4.13. The topological polar surface area (TPSA) is 60.2 Å². The number of nitrogens with zero attached hydrogens (tertiary/aromatic N) is 1. The normalized spacial score (nSPS) is 10.2. The van der Waals surface area contributed by atoms with Crippen LogP contribution in [0.3, 0.4) is 0 Å². The van der Waals surface area contributed by atoms with Crippen molar-refractivity contribution in [3.05, 3.63) is 41.8 Å². The van der Waals surface area contributed by atoms with Crippen LogP contribution in [-0.2, 0) is 0 Å². The highest BCUT2D eigenvalue weighted by Crippen LogP contribution is 2.28. The molecule has 0 aliphatic heterocycles. The van der Waals surface area contributed by atoms with Gasteiger partial charge in [0.2, 0.25) is 0 Å². The van der Waals surface area contributed by atoms with Crippen LogP contribution in [0, 0.1) is 12.7 Å². The first-order valence-electron chi connectivity index (χ1n) is 5.43. The third-order valence-electron chi connectivity index (χ3n) is 2.58. The highest BCUT2D eigenvalue weighted by Gasteiger charge is 2.06. The van der Waals surface area contributed by atoms with Gasteiger partial charge in [-0.1, -0.05) is 0 Å². The summed E-state index contributed by atoms with van der Waals surface area (Å²) in [5.74, 6) is 0.795. The molecular weight excluding hydrogens is 233 g/mol. The largest absolute Gasteiger partial charge is 0.495 e. The Morgan fingerprint density at radius 3 is 2.78 bits per heavy atom. The van der Waals surface area contributed by atoms with Gasteiger partial charge >= 0.3 is 0 Å². The minimum atomic E-state index is -0.342. The summed E-state index contributed by atoms with van der Waals surface area (Å²) in [6.07, 6.45) is 1.56. The molecule has 0 unspecified atom stereocenters. The number of aromatic nitrogens is 1. The Labute approximate surface area is 105 Å². The fourth-order valence-corrected chi connectivity index (χ4v) is 1.55. The predicted molar refractivity (Wildman–Crippen MR) is 69.6 cm³/mol. The van der Waals surface area contributed by atoms with E-state index >= 15 is 0 Å². The number of nitrogens with one attached hydrogen (secondary N) is 1. The number of aryl methyl sites for hydroxylation is 1. The minimum Gasteiger partial charge on any atom is -0.495 e. The molecule has 0 fully saturated rings. The number of methoxy groups -OCH3 is 1. The summed E-state index contributed by atoms with van der Waals surface area (Å²) in [5.41, 5.74) is 7.73. The van der Waals surface area contributed by atoms with E-state index in [0.717, 1.165) is 5.56 Å². The maximum atomic E-state index is 13.2. The van der Waals surface area contributed by atoms with Gasteiger partial charge in [0.1, 0.15) is 17.4 Å². The molecule has 0 amide bonds. The summed E-state index contributed by atoms with van der Waals surface area (Å²) in [7, 11) is 1.53. The van der Waals surface area contributed by atoms with Gasteiger partial charge in [-0.15, -0.1) is 0 Å². The Morgan fingerprint density at radius 2 is 2.11 bits per heavy atom. The summed E-state index contributed by atoms with van der Waals surface area (Å²) in [6.45, 7) is 1.88. The number of benzene rings is 1. The zero-order valence-electron chi connectivity index (χ0n) is 10.2. The maximum Gasteiger partial charge on any atom is 0.142 e. The fourth-order valence-electron chi connectivity index (χ4n) is 1.55. The molecule has 1 heterocycles. The molecule has 1 aromatic carbocycles. The van der Waals surface area contributed by atoms with Crippen LogP contribution in [0.25, 0.3) is 0 Å². The Kier molecular flexibility index (Phi) is 3.32. The summed E-state index contributed by atoms with van der Waals surface area (Å²) in [6, 6.07) is 6.04. The van der Waals surface area contributed by atoms with Gasteiger partial charge in [-0.2, -0.15) is 0 Å². The molecular formula is C13H14FN3O. The fraction of sp³-hybridized carbons (Fsp3) is 0.154. The monoisotopic (exact) mass is 247 g/mol. The molecule has 2 rings (SSSR count). The Bertz CT molecular complexity index is 572. The maximum absolute atomic E-state index is 13.2. The molecule has 5 heteroatoms. The van der Waals surface area contributed by atoms with Gasteiger partial charge in [0.05, 0.1) is 24.7 Å². The molecule has 0 saturated carbocycles. The molecule has 0 bridgehead atoms. The van der Waals surface area contributed by atoms with E-state index in [1.54, 1.807) is 18.3 Å². The average Bonchev–Trinajstić information content (AvgIpc) is 2.34. The van der Waals surface area contributed by atoms with Crippen molar-refractivity contribution in [2.45, 2.75) is 6.92 Å². The van der Waals surface area contributed by atoms with Crippen molar-refractivity contribution < 1.29 is 9.13 Å². The number of hydrogen-bond acceptors (Lipinski definition) is 4. The summed E-state index contributed by atoms with van der Waals surface area (Å²) >= 11 is 0. The zero-order chi connectivity index (χ0) is 13.1. The van der Waals surface area contributed by atoms with Gasteiger partial charge in [0, 0.05) is 6.07 Å². The molecule has 0 saturated heterocycles. The summed E-state index contributed by atoms with van der Waals surface area (Å²) < 4.78 is 18.3. The third-order valence-corrected chi connectivity index (χ3v) is 2.58. The Balaban J connectivity index is 2.33. The van der Waals surface area contributed by atoms with Gasteiger partial charge in [-0.25, -0.2) is 9.37 Å². The number of nitrogen functional groups attached to an aromatic ring is 1. The van der Waals surface area contributed by atoms with Gasteiger partial charge in [-0.05, 0) is 30.7 Å². The lowest BCUT2D eigenvalue weighted by Gasteiger charge is -2.11. The van der Waals surface area contributed by atoms with Crippen molar-refractivity contribution in [1.82, 2.24) is 4.98 Å². The van der Waals surface area contributed by atoms with Crippen molar-refractivity contribution in [2.75, 3.05) is 18.2 Å². The molecule has 0 radical (unpaired) electrons. The first-order chi connectivity index (χ1) is 8.60. The molecule has 2 aromatic rings. The zero-order valence-corrected chi connectivity index (χ0v) is 10.2. The van der Waals surface area contributed by atoms with Crippen LogP contribution in [0.15, 0.2) is 30.5 Å². The molecule has 3 N–H and O–H groups in total. The number of anilines is 3. The van der Waals surface area contributed by atoms with Crippen LogP contribution in [0.5, 0.6) is 5.75 Å². The van der Waals surface area contributed by atoms with Gasteiger partial charge in [0.15, 0.2) is 0 Å². The number of nitrogens with two attached hydrogens (primary N) is 1. The van der Waals surface area contributed by atoms with Crippen LogP contribution in [-0.4, -0.2) is 12.1 Å². The van der Waals surface area contributed by atoms with E-state index in [2.05, 4.69) is 10.3 Å². The molecule has 94 valence electrons. The smallest absolute Gasteiger partial charge is 0.142 e. The second kappa shape index (κ2) is 4.91. The number of hydrogen-bond donors (Lipinski definition) is 2. The van der Waals surface area contributed by atoms with E-state index in [9.17, 15) is 4.39 Å². The molecule has 4 nitrogen and oxygen atoms in total. The van der Waals surface area contributed by atoms with Crippen LogP contribution in [0.1, 0.15) is 5.56 Å². The van der Waals surface area contributed by atoms with E-state index in [0.29, 0.717) is 22.9 Å². The lowest BCUT2D eigenvalue weighted by molar-refractivity contribution is 0.416. The number of pyridine rings is 1. The lowest BCUT2D eigenvalue weighted by atomic mass is 10.2. The third kappa shape index (κ3) is 2.51. The summed E-state index contributed by atoms with van der Waals surface area (Å²) in [5, 5.41) is 3.00. The second-order valence-corrected chi connectivity index (χ2v) is 3.90. The van der Waals surface area contributed by atoms with Gasteiger partial charge < -0.3 is 15.8 Å². The first kappa shape index (κ1) is 12.2. The molecule has 0 atom stereocenters. The van der Waals surface area contributed by atoms with Gasteiger partial charge in [-0.3, -0.25) is 0 Å². The van der Waals surface area contributed by atoms with E-state index in [-0.39, 0.29) is 5.82 Å². The van der Waals surface area contributed by atoms with Crippen LogP contribution in [0.2, 0.25) is 0 Å². The van der Waals surface area contributed by atoms with Crippen molar-refractivity contribution in [1.29, 1.82) is 0 Å². The standard InChI is InChI=1S/C13H14FN3O/c1-8-5-13(16-7-10(8)15)17-11-6-9(14)3-4-12(11)18-2/h3-7H,15H2,1-2H3,(H,16,17). The highest BCUT2D eigenvalue weighted by molar-refractivity contribution is 5.65. The second-order valence-electron chi connectivity index (χ2n) is 3.90. The Hall–Kier alpha value is -2.30. The highest BCUT2D eigenvalue weighted by atomic mass is 19.1. The SMILES string of the molecule is COc1ccc(F)cc1Nc1cc(C)c(N)cn1. The van der Waals surface area contributed by atoms with Crippen molar-refractivity contribution in [2.24, 2.45) is 0 Å². The predicted octanol–water partition coefficient (Wildman–Crippen LogP) is 2.86. The first-order valence-corrected chi connectivity index (χ1v) is 5.43. The number of halogens is 1. The molecule has 0 spiro atoms. The van der Waals surface area contributed by atoms with E-state index < -0.39 is 0 Å². The number of rotatable bonds is 3. The van der Waals surface area contributed by atoms with E-state index in [1.165, 1.54) is 19.2 Å².